The number of rotatable bonds is 13. The molecule has 2 aromatic rings. The number of hydrogen-bond acceptors (Lipinski definition) is 1. The number of nitrogens with one attached hydrogen (secondary N) is 1. The Bertz CT molecular complexity index is 1200. The van der Waals surface area contributed by atoms with E-state index in [1.807, 2.05) is 48.5 Å². The number of aliphatic imine (C=N–C) groups is 1. The Hall–Kier alpha value is -2.36. The monoisotopic (exact) mass is 662 g/mol. The summed E-state index contributed by atoms with van der Waals surface area (Å²) in [4.78, 5) is 7.62. The third kappa shape index (κ3) is 20.4. The fraction of sp³-hybridized carbons (Fsp3) is 0.525. The van der Waals surface area contributed by atoms with Crippen LogP contribution in [0.1, 0.15) is 145 Å². The average Bonchev–Trinajstić information content (AvgIpc) is 3.39. The van der Waals surface area contributed by atoms with Gasteiger partial charge in [0.15, 0.2) is 0 Å². The summed E-state index contributed by atoms with van der Waals surface area (Å²) in [7, 11) is 0. The standard InChI is InChI=1S/C22H29ClFN.C9H14ClN.C5H10.2C2H6/c1-5-8-11-16(10-7-3)15(4)22-17(12-9-6-2)18-13-19(23)20(24)14-21(18)25-22;1-4-6-8(3)11-7-9(10)5-2;1-4-5(2)3;2*1-2/h7,10-11,13-15,25H,5-6,8-9,12H2,1-4H3;5,7H,2,4,6H2,1,3H3;2,4H2,1,3H3;2*1-2H3/b10-7-,16-11+;9-7+,11-8?;;;. The van der Waals surface area contributed by atoms with Crippen molar-refractivity contribution < 1.29 is 4.39 Å². The van der Waals surface area contributed by atoms with Gasteiger partial charge < -0.3 is 4.98 Å². The van der Waals surface area contributed by atoms with Gasteiger partial charge >= 0.3 is 0 Å². The van der Waals surface area contributed by atoms with Gasteiger partial charge in [0.05, 0.1) is 10.1 Å². The average molecular weight is 664 g/mol. The van der Waals surface area contributed by atoms with Gasteiger partial charge in [-0.15, -0.1) is 6.58 Å². The van der Waals surface area contributed by atoms with Gasteiger partial charge in [0.25, 0.3) is 0 Å². The zero-order chi connectivity index (χ0) is 35.4. The molecule has 0 aliphatic heterocycles. The highest BCUT2D eigenvalue weighted by atomic mass is 35.5. The quantitative estimate of drug-likeness (QED) is 0.126. The second kappa shape index (κ2) is 30.3. The van der Waals surface area contributed by atoms with Crippen LogP contribution in [-0.4, -0.2) is 10.7 Å². The van der Waals surface area contributed by atoms with E-state index in [4.69, 9.17) is 23.2 Å². The summed E-state index contributed by atoms with van der Waals surface area (Å²) < 4.78 is 13.9. The van der Waals surface area contributed by atoms with E-state index in [0.29, 0.717) is 5.03 Å². The van der Waals surface area contributed by atoms with Gasteiger partial charge in [-0.2, -0.15) is 0 Å². The Morgan fingerprint density at radius 2 is 1.64 bits per heavy atom. The van der Waals surface area contributed by atoms with Gasteiger partial charge in [0.1, 0.15) is 5.82 Å². The zero-order valence-corrected chi connectivity index (χ0v) is 32.3. The van der Waals surface area contributed by atoms with Gasteiger partial charge in [-0.05, 0) is 82.2 Å². The predicted octanol–water partition coefficient (Wildman–Crippen LogP) is 15.2. The maximum Gasteiger partial charge on any atom is 0.143 e. The van der Waals surface area contributed by atoms with E-state index in [1.165, 1.54) is 28.5 Å². The second-order valence-corrected chi connectivity index (χ2v) is 11.1. The van der Waals surface area contributed by atoms with Crippen molar-refractivity contribution in [1.82, 2.24) is 4.98 Å². The number of aromatic amines is 1. The van der Waals surface area contributed by atoms with Crippen LogP contribution in [0.2, 0.25) is 5.02 Å². The molecule has 5 heteroatoms. The number of H-pyrrole nitrogens is 1. The number of aromatic nitrogens is 1. The molecule has 1 aromatic carbocycles. The lowest BCUT2D eigenvalue weighted by molar-refractivity contribution is 0.630. The molecule has 0 radical (unpaired) electrons. The van der Waals surface area contributed by atoms with E-state index in [-0.39, 0.29) is 16.8 Å². The number of aryl methyl sites for hydroxylation is 1. The van der Waals surface area contributed by atoms with Crippen molar-refractivity contribution in [1.29, 1.82) is 0 Å². The maximum atomic E-state index is 13.9. The van der Waals surface area contributed by atoms with Crippen molar-refractivity contribution >= 4 is 39.8 Å². The first kappa shape index (κ1) is 47.1. The van der Waals surface area contributed by atoms with Crippen LogP contribution in [0.5, 0.6) is 0 Å². The van der Waals surface area contributed by atoms with E-state index < -0.39 is 0 Å². The lowest BCUT2D eigenvalue weighted by atomic mass is 9.91. The summed E-state index contributed by atoms with van der Waals surface area (Å²) in [5.41, 5.74) is 6.96. The maximum absolute atomic E-state index is 13.9. The van der Waals surface area contributed by atoms with Crippen LogP contribution < -0.4 is 0 Å². The molecule has 0 amide bonds. The molecule has 0 spiro atoms. The molecule has 1 heterocycles. The first-order valence-electron chi connectivity index (χ1n) is 17.0. The number of halogens is 3. The number of hydrogen-bond donors (Lipinski definition) is 1. The van der Waals surface area contributed by atoms with Gasteiger partial charge in [-0.25, -0.2) is 4.39 Å². The zero-order valence-electron chi connectivity index (χ0n) is 30.8. The molecule has 1 N–H and O–H groups in total. The van der Waals surface area contributed by atoms with Crippen LogP contribution in [0, 0.1) is 5.82 Å². The minimum absolute atomic E-state index is 0.193. The normalized spacial score (nSPS) is 12.1. The van der Waals surface area contributed by atoms with Crippen LogP contribution in [0.15, 0.2) is 77.0 Å². The minimum Gasteiger partial charge on any atom is -0.358 e. The van der Waals surface area contributed by atoms with Crippen molar-refractivity contribution in [3.05, 3.63) is 94.1 Å². The van der Waals surface area contributed by atoms with Crippen LogP contribution in [0.4, 0.5) is 4.39 Å². The number of fused-ring (bicyclic) bond motifs is 1. The summed E-state index contributed by atoms with van der Waals surface area (Å²) in [6.45, 7) is 32.1. The van der Waals surface area contributed by atoms with Crippen LogP contribution >= 0.6 is 23.2 Å². The first-order chi connectivity index (χ1) is 21.5. The van der Waals surface area contributed by atoms with Crippen LogP contribution in [0.25, 0.3) is 10.9 Å². The van der Waals surface area contributed by atoms with Crippen molar-refractivity contribution in [2.24, 2.45) is 4.99 Å². The van der Waals surface area contributed by atoms with Crippen LogP contribution in [-0.2, 0) is 6.42 Å². The third-order valence-corrected chi connectivity index (χ3v) is 7.08. The molecule has 0 fully saturated rings. The molecule has 2 nitrogen and oxygen atoms in total. The number of benzene rings is 1. The van der Waals surface area contributed by atoms with E-state index in [9.17, 15) is 4.39 Å². The molecule has 1 unspecified atom stereocenters. The summed E-state index contributed by atoms with van der Waals surface area (Å²) in [6.07, 6.45) is 18.5. The Morgan fingerprint density at radius 1 is 1.04 bits per heavy atom. The van der Waals surface area contributed by atoms with Gasteiger partial charge in [0.2, 0.25) is 0 Å². The van der Waals surface area contributed by atoms with Gasteiger partial charge in [-0.3, -0.25) is 4.99 Å². The highest BCUT2D eigenvalue weighted by molar-refractivity contribution is 6.31. The summed E-state index contributed by atoms with van der Waals surface area (Å²) >= 11 is 11.7. The van der Waals surface area contributed by atoms with Crippen molar-refractivity contribution in [2.45, 2.75) is 140 Å². The molecule has 1 atom stereocenters. The van der Waals surface area contributed by atoms with E-state index in [1.54, 1.807) is 18.3 Å². The van der Waals surface area contributed by atoms with Gasteiger partial charge in [0, 0.05) is 34.4 Å². The van der Waals surface area contributed by atoms with Crippen molar-refractivity contribution in [3.8, 4) is 0 Å². The molecule has 0 aliphatic carbocycles. The minimum atomic E-state index is -0.369. The molecule has 1 aromatic heterocycles. The molecular weight excluding hydrogens is 598 g/mol. The lowest BCUT2D eigenvalue weighted by Gasteiger charge is -2.15. The molecule has 0 saturated carbocycles. The second-order valence-electron chi connectivity index (χ2n) is 10.3. The predicted molar refractivity (Wildman–Crippen MR) is 208 cm³/mol. The van der Waals surface area contributed by atoms with Gasteiger partial charge in [-0.1, -0.05) is 135 Å². The molecule has 45 heavy (non-hydrogen) atoms. The molecule has 256 valence electrons. The molecule has 0 aliphatic rings. The van der Waals surface area contributed by atoms with Crippen molar-refractivity contribution in [3.63, 3.8) is 0 Å². The molecule has 2 rings (SSSR count). The van der Waals surface area contributed by atoms with Crippen LogP contribution in [0.3, 0.4) is 0 Å². The summed E-state index contributed by atoms with van der Waals surface area (Å²) in [5.74, 6) is -0.129. The SMILES string of the molecule is C/C=C\C(=C/CCC)C(C)c1[nH]c2cc(F)c(Cl)cc2c1CCCC.C=C(C)CC.C=C/C(Cl)=C\N=C(C)CCC.CC.CC. The third-order valence-electron chi connectivity index (χ3n) is 6.54. The lowest BCUT2D eigenvalue weighted by Crippen LogP contribution is -2.01. The summed E-state index contributed by atoms with van der Waals surface area (Å²) in [6, 6.07) is 3.30. The first-order valence-corrected chi connectivity index (χ1v) is 17.7. The summed E-state index contributed by atoms with van der Waals surface area (Å²) in [5, 5.41) is 1.83. The smallest absolute Gasteiger partial charge is 0.143 e. The number of nitrogens with zero attached hydrogens (tertiary/aromatic N) is 1. The fourth-order valence-electron chi connectivity index (χ4n) is 3.97. The molecular formula is C40H65Cl2FN2. The molecule has 0 saturated heterocycles. The molecule has 0 bridgehead atoms. The van der Waals surface area contributed by atoms with E-state index in [2.05, 4.69) is 76.0 Å². The Morgan fingerprint density at radius 3 is 2.11 bits per heavy atom. The topological polar surface area (TPSA) is 28.1 Å². The largest absolute Gasteiger partial charge is 0.358 e. The van der Waals surface area contributed by atoms with E-state index >= 15 is 0 Å². The highest BCUT2D eigenvalue weighted by Crippen LogP contribution is 2.35. The number of allylic oxidation sites excluding steroid dienone is 7. The van der Waals surface area contributed by atoms with E-state index in [0.717, 1.165) is 68.0 Å². The number of unbranched alkanes of at least 4 members (excludes halogenated alkanes) is 2. The van der Waals surface area contributed by atoms with Crippen molar-refractivity contribution in [2.75, 3.05) is 0 Å². The highest BCUT2D eigenvalue weighted by Gasteiger charge is 2.19. The Balaban J connectivity index is -0.000000731. The Kier molecular flexibility index (Phi) is 31.7. The fourth-order valence-corrected chi connectivity index (χ4v) is 4.18. The Labute approximate surface area is 287 Å².